The molecule has 0 aliphatic carbocycles. The third-order valence-electron chi connectivity index (χ3n) is 4.70. The number of carbonyl (C=O) groups is 2. The Kier molecular flexibility index (Phi) is 6.24. The molecule has 156 valence electrons. The Labute approximate surface area is 184 Å². The number of thiophene rings is 1. The number of benzene rings is 2. The molecule has 1 atom stereocenters. The zero-order chi connectivity index (χ0) is 21.6. The van der Waals surface area contributed by atoms with E-state index in [4.69, 9.17) is 4.74 Å². The van der Waals surface area contributed by atoms with Crippen LogP contribution < -0.4 is 5.32 Å². The van der Waals surface area contributed by atoms with Crippen LogP contribution in [0.3, 0.4) is 0 Å². The smallest absolute Gasteiger partial charge is 0.357 e. The quantitative estimate of drug-likeness (QED) is 0.433. The van der Waals surface area contributed by atoms with Gasteiger partial charge in [0.2, 0.25) is 0 Å². The van der Waals surface area contributed by atoms with Gasteiger partial charge in [-0.2, -0.15) is 5.10 Å². The van der Waals surface area contributed by atoms with Crippen LogP contribution >= 0.6 is 11.3 Å². The van der Waals surface area contributed by atoms with Gasteiger partial charge in [0.1, 0.15) is 5.69 Å². The van der Waals surface area contributed by atoms with Gasteiger partial charge >= 0.3 is 5.97 Å². The van der Waals surface area contributed by atoms with Gasteiger partial charge in [-0.3, -0.25) is 4.79 Å². The van der Waals surface area contributed by atoms with E-state index in [1.807, 2.05) is 85.1 Å². The van der Waals surface area contributed by atoms with Crippen molar-refractivity contribution in [3.05, 3.63) is 95.5 Å². The van der Waals surface area contributed by atoms with Gasteiger partial charge in [-0.05, 0) is 36.1 Å². The lowest BCUT2D eigenvalue weighted by Gasteiger charge is -2.14. The van der Waals surface area contributed by atoms with Crippen molar-refractivity contribution in [1.29, 1.82) is 0 Å². The average Bonchev–Trinajstić information content (AvgIpc) is 3.49. The molecule has 2 aromatic carbocycles. The van der Waals surface area contributed by atoms with Gasteiger partial charge in [0.05, 0.1) is 16.6 Å². The summed E-state index contributed by atoms with van der Waals surface area (Å²) in [4.78, 5) is 26.1. The number of para-hydroxylation sites is 1. The van der Waals surface area contributed by atoms with E-state index in [-0.39, 0.29) is 24.2 Å². The summed E-state index contributed by atoms with van der Waals surface area (Å²) < 4.78 is 6.85. The summed E-state index contributed by atoms with van der Waals surface area (Å²) in [6.07, 6.45) is 0. The first kappa shape index (κ1) is 20.6. The third kappa shape index (κ3) is 4.90. The molecule has 0 saturated carbocycles. The first-order chi connectivity index (χ1) is 15.1. The zero-order valence-corrected chi connectivity index (χ0v) is 17.7. The lowest BCUT2D eigenvalue weighted by molar-refractivity contribution is -0.124. The Bertz CT molecular complexity index is 1160. The van der Waals surface area contributed by atoms with Crippen molar-refractivity contribution in [3.8, 4) is 16.3 Å². The number of hydrogen-bond acceptors (Lipinski definition) is 5. The van der Waals surface area contributed by atoms with E-state index in [1.54, 1.807) is 10.7 Å². The van der Waals surface area contributed by atoms with E-state index in [2.05, 4.69) is 10.4 Å². The highest BCUT2D eigenvalue weighted by molar-refractivity contribution is 7.13. The Balaban J connectivity index is 1.48. The highest BCUT2D eigenvalue weighted by Gasteiger charge is 2.20. The summed E-state index contributed by atoms with van der Waals surface area (Å²) in [6.45, 7) is 1.51. The summed E-state index contributed by atoms with van der Waals surface area (Å²) in [5, 5.41) is 9.38. The van der Waals surface area contributed by atoms with Crippen molar-refractivity contribution in [2.75, 3.05) is 6.61 Å². The molecule has 31 heavy (non-hydrogen) atoms. The zero-order valence-electron chi connectivity index (χ0n) is 16.9. The number of carbonyl (C=O) groups excluding carboxylic acids is 2. The molecular formula is C24H21N3O3S. The lowest BCUT2D eigenvalue weighted by atomic mass is 10.1. The minimum atomic E-state index is -0.610. The van der Waals surface area contributed by atoms with E-state index in [0.717, 1.165) is 16.1 Å². The fourth-order valence-electron chi connectivity index (χ4n) is 3.15. The molecule has 1 amide bonds. The van der Waals surface area contributed by atoms with Gasteiger partial charge in [0.15, 0.2) is 12.3 Å². The van der Waals surface area contributed by atoms with Crippen LogP contribution in [-0.4, -0.2) is 28.3 Å². The molecular weight excluding hydrogens is 410 g/mol. The standard InChI is InChI=1S/C24H21N3O3S/c1-17(18-9-4-2-5-10-18)25-23(28)16-30-24(29)21-15-20(22-13-8-14-31-22)26-27(21)19-11-6-3-7-12-19/h2-15,17H,16H2,1H3,(H,25,28). The van der Waals surface area contributed by atoms with E-state index in [0.29, 0.717) is 5.69 Å². The number of nitrogens with one attached hydrogen (secondary N) is 1. The molecule has 0 aliphatic heterocycles. The monoisotopic (exact) mass is 431 g/mol. The molecule has 0 radical (unpaired) electrons. The molecule has 6 nitrogen and oxygen atoms in total. The Morgan fingerprint density at radius 2 is 1.74 bits per heavy atom. The molecule has 0 saturated heterocycles. The predicted octanol–water partition coefficient (Wildman–Crippen LogP) is 4.64. The van der Waals surface area contributed by atoms with Crippen LogP contribution in [0.2, 0.25) is 0 Å². The predicted molar refractivity (Wildman–Crippen MR) is 120 cm³/mol. The van der Waals surface area contributed by atoms with Crippen molar-refractivity contribution in [2.24, 2.45) is 0 Å². The minimum absolute atomic E-state index is 0.187. The Morgan fingerprint density at radius 3 is 2.42 bits per heavy atom. The van der Waals surface area contributed by atoms with Crippen LogP contribution in [0.5, 0.6) is 0 Å². The second-order valence-corrected chi connectivity index (χ2v) is 7.86. The maximum atomic E-state index is 12.8. The molecule has 1 N–H and O–H groups in total. The maximum absolute atomic E-state index is 12.8. The molecule has 2 aromatic heterocycles. The van der Waals surface area contributed by atoms with E-state index < -0.39 is 5.97 Å². The number of amides is 1. The van der Waals surface area contributed by atoms with Crippen molar-refractivity contribution < 1.29 is 14.3 Å². The number of esters is 1. The molecule has 4 rings (SSSR count). The van der Waals surface area contributed by atoms with E-state index >= 15 is 0 Å². The minimum Gasteiger partial charge on any atom is -0.451 e. The van der Waals surface area contributed by atoms with Gasteiger partial charge in [0, 0.05) is 6.07 Å². The van der Waals surface area contributed by atoms with Crippen LogP contribution in [0.1, 0.15) is 29.0 Å². The van der Waals surface area contributed by atoms with Crippen LogP contribution in [0.4, 0.5) is 0 Å². The fraction of sp³-hybridized carbons (Fsp3) is 0.125. The average molecular weight is 432 g/mol. The summed E-state index contributed by atoms with van der Waals surface area (Å²) in [6, 6.07) is 24.3. The van der Waals surface area contributed by atoms with Crippen molar-refractivity contribution >= 4 is 23.2 Å². The van der Waals surface area contributed by atoms with Gasteiger partial charge in [-0.1, -0.05) is 54.6 Å². The number of ether oxygens (including phenoxy) is 1. The van der Waals surface area contributed by atoms with Crippen LogP contribution in [-0.2, 0) is 9.53 Å². The number of rotatable bonds is 7. The molecule has 0 spiro atoms. The molecule has 2 heterocycles. The first-order valence-electron chi connectivity index (χ1n) is 9.82. The maximum Gasteiger partial charge on any atom is 0.357 e. The largest absolute Gasteiger partial charge is 0.451 e. The molecule has 4 aromatic rings. The third-order valence-corrected chi connectivity index (χ3v) is 5.60. The van der Waals surface area contributed by atoms with Gasteiger partial charge in [-0.15, -0.1) is 11.3 Å². The first-order valence-corrected chi connectivity index (χ1v) is 10.7. The van der Waals surface area contributed by atoms with Gasteiger partial charge in [-0.25, -0.2) is 9.48 Å². The SMILES string of the molecule is CC(NC(=O)COC(=O)c1cc(-c2cccs2)nn1-c1ccccc1)c1ccccc1. The van der Waals surface area contributed by atoms with Crippen LogP contribution in [0, 0.1) is 0 Å². The normalized spacial score (nSPS) is 11.6. The van der Waals surface area contributed by atoms with Crippen LogP contribution in [0.25, 0.3) is 16.3 Å². The lowest BCUT2D eigenvalue weighted by Crippen LogP contribution is -2.31. The summed E-state index contributed by atoms with van der Waals surface area (Å²) in [5.74, 6) is -0.976. The van der Waals surface area contributed by atoms with Gasteiger partial charge in [0.25, 0.3) is 5.91 Å². The summed E-state index contributed by atoms with van der Waals surface area (Å²) in [5.41, 5.74) is 2.65. The van der Waals surface area contributed by atoms with Crippen molar-refractivity contribution in [2.45, 2.75) is 13.0 Å². The van der Waals surface area contributed by atoms with Gasteiger partial charge < -0.3 is 10.1 Å². The fourth-order valence-corrected chi connectivity index (χ4v) is 3.83. The Hall–Kier alpha value is -3.71. The summed E-state index contributed by atoms with van der Waals surface area (Å²) >= 11 is 1.54. The number of nitrogens with zero attached hydrogens (tertiary/aromatic N) is 2. The van der Waals surface area contributed by atoms with Crippen molar-refractivity contribution in [3.63, 3.8) is 0 Å². The molecule has 0 bridgehead atoms. The van der Waals surface area contributed by atoms with Crippen LogP contribution in [0.15, 0.2) is 84.2 Å². The number of aromatic nitrogens is 2. The van der Waals surface area contributed by atoms with E-state index in [9.17, 15) is 9.59 Å². The molecule has 0 aliphatic rings. The highest BCUT2D eigenvalue weighted by Crippen LogP contribution is 2.26. The van der Waals surface area contributed by atoms with Crippen molar-refractivity contribution in [1.82, 2.24) is 15.1 Å². The number of hydrogen-bond donors (Lipinski definition) is 1. The molecule has 1 unspecified atom stereocenters. The topological polar surface area (TPSA) is 73.2 Å². The Morgan fingerprint density at radius 1 is 1.03 bits per heavy atom. The molecule has 0 fully saturated rings. The second kappa shape index (κ2) is 9.40. The second-order valence-electron chi connectivity index (χ2n) is 6.92. The summed E-state index contributed by atoms with van der Waals surface area (Å²) in [7, 11) is 0. The highest BCUT2D eigenvalue weighted by atomic mass is 32.1. The van der Waals surface area contributed by atoms with E-state index in [1.165, 1.54) is 11.3 Å². The molecule has 7 heteroatoms.